The maximum absolute atomic E-state index is 12.7. The van der Waals surface area contributed by atoms with Gasteiger partial charge in [-0.1, -0.05) is 0 Å². The topological polar surface area (TPSA) is 43.9 Å². The van der Waals surface area contributed by atoms with Crippen molar-refractivity contribution in [2.45, 2.75) is 33.1 Å². The highest BCUT2D eigenvalue weighted by atomic mass is 16.2. The molecule has 0 atom stereocenters. The van der Waals surface area contributed by atoms with Gasteiger partial charge < -0.3 is 14.7 Å². The van der Waals surface area contributed by atoms with Crippen molar-refractivity contribution in [3.63, 3.8) is 0 Å². The van der Waals surface area contributed by atoms with E-state index in [1.54, 1.807) is 13.8 Å². The predicted molar refractivity (Wildman–Crippen MR) is 78.3 cm³/mol. The first-order valence-electron chi connectivity index (χ1n) is 7.70. The Morgan fingerprint density at radius 3 is 1.70 bits per heavy atom. The van der Waals surface area contributed by atoms with Gasteiger partial charge in [0.2, 0.25) is 11.8 Å². The largest absolute Gasteiger partial charge is 0.342 e. The molecule has 2 aliphatic heterocycles. The number of rotatable bonds is 2. The maximum atomic E-state index is 12.7. The van der Waals surface area contributed by atoms with Crippen LogP contribution in [-0.4, -0.2) is 72.8 Å². The molecule has 2 amide bonds. The van der Waals surface area contributed by atoms with Crippen molar-refractivity contribution >= 4 is 11.8 Å². The third kappa shape index (κ3) is 3.14. The lowest BCUT2D eigenvalue weighted by Crippen LogP contribution is -2.55. The van der Waals surface area contributed by atoms with E-state index in [4.69, 9.17) is 0 Å². The van der Waals surface area contributed by atoms with Crippen molar-refractivity contribution in [2.24, 2.45) is 5.41 Å². The first kappa shape index (κ1) is 15.3. The Kier molecular flexibility index (Phi) is 4.68. The summed E-state index contributed by atoms with van der Waals surface area (Å²) < 4.78 is 0. The first-order chi connectivity index (χ1) is 9.43. The van der Waals surface area contributed by atoms with E-state index in [1.165, 1.54) is 6.42 Å². The van der Waals surface area contributed by atoms with E-state index in [9.17, 15) is 9.59 Å². The van der Waals surface area contributed by atoms with E-state index in [0.29, 0.717) is 0 Å². The summed E-state index contributed by atoms with van der Waals surface area (Å²) in [5, 5.41) is 0. The molecule has 0 spiro atoms. The Labute approximate surface area is 121 Å². The number of piperazine rings is 1. The third-order valence-electron chi connectivity index (χ3n) is 4.50. The van der Waals surface area contributed by atoms with Crippen LogP contribution >= 0.6 is 0 Å². The Balaban J connectivity index is 2.00. The van der Waals surface area contributed by atoms with Crippen molar-refractivity contribution in [2.75, 3.05) is 46.3 Å². The number of piperidine rings is 1. The Morgan fingerprint density at radius 2 is 1.20 bits per heavy atom. The summed E-state index contributed by atoms with van der Waals surface area (Å²) in [5.41, 5.74) is -0.923. The average molecular weight is 281 g/mol. The van der Waals surface area contributed by atoms with Crippen molar-refractivity contribution < 1.29 is 9.59 Å². The maximum Gasteiger partial charge on any atom is 0.237 e. The second-order valence-corrected chi connectivity index (χ2v) is 6.57. The highest BCUT2D eigenvalue weighted by molar-refractivity contribution is 6.04. The molecule has 5 heteroatoms. The van der Waals surface area contributed by atoms with Gasteiger partial charge in [0.15, 0.2) is 0 Å². The van der Waals surface area contributed by atoms with E-state index in [0.717, 1.165) is 52.1 Å². The van der Waals surface area contributed by atoms with Gasteiger partial charge in [-0.15, -0.1) is 0 Å². The Hall–Kier alpha value is -1.10. The van der Waals surface area contributed by atoms with Gasteiger partial charge in [0.1, 0.15) is 5.41 Å². The fourth-order valence-corrected chi connectivity index (χ4v) is 2.99. The van der Waals surface area contributed by atoms with E-state index in [1.807, 2.05) is 9.80 Å². The van der Waals surface area contributed by atoms with Gasteiger partial charge in [0.25, 0.3) is 0 Å². The van der Waals surface area contributed by atoms with Gasteiger partial charge in [0.05, 0.1) is 0 Å². The van der Waals surface area contributed by atoms with Crippen LogP contribution in [0.4, 0.5) is 0 Å². The van der Waals surface area contributed by atoms with Crippen LogP contribution in [0.3, 0.4) is 0 Å². The molecule has 5 nitrogen and oxygen atoms in total. The molecule has 20 heavy (non-hydrogen) atoms. The number of carbonyl (C=O) groups excluding carboxylic acids is 2. The lowest BCUT2D eigenvalue weighted by Gasteiger charge is -2.39. The van der Waals surface area contributed by atoms with E-state index in [2.05, 4.69) is 11.9 Å². The molecule has 0 aromatic rings. The summed E-state index contributed by atoms with van der Waals surface area (Å²) in [6.07, 6.45) is 3.31. The highest BCUT2D eigenvalue weighted by Crippen LogP contribution is 2.25. The Morgan fingerprint density at radius 1 is 0.750 bits per heavy atom. The molecular weight excluding hydrogens is 254 g/mol. The number of likely N-dealkylation sites (tertiary alicyclic amines) is 1. The van der Waals surface area contributed by atoms with Crippen molar-refractivity contribution in [3.8, 4) is 0 Å². The van der Waals surface area contributed by atoms with Gasteiger partial charge >= 0.3 is 0 Å². The van der Waals surface area contributed by atoms with Crippen molar-refractivity contribution in [1.82, 2.24) is 14.7 Å². The summed E-state index contributed by atoms with van der Waals surface area (Å²) in [4.78, 5) is 31.2. The van der Waals surface area contributed by atoms with Crippen LogP contribution in [0.5, 0.6) is 0 Å². The molecule has 0 bridgehead atoms. The second kappa shape index (κ2) is 6.12. The van der Waals surface area contributed by atoms with Crippen LogP contribution in [-0.2, 0) is 9.59 Å². The van der Waals surface area contributed by atoms with Crippen LogP contribution in [0.25, 0.3) is 0 Å². The minimum absolute atomic E-state index is 0.00104. The normalized spacial score (nSPS) is 21.9. The zero-order chi connectivity index (χ0) is 14.8. The second-order valence-electron chi connectivity index (χ2n) is 6.57. The minimum Gasteiger partial charge on any atom is -0.342 e. The highest BCUT2D eigenvalue weighted by Gasteiger charge is 2.42. The summed E-state index contributed by atoms with van der Waals surface area (Å²) in [6.45, 7) is 8.41. The molecule has 0 aliphatic carbocycles. The van der Waals surface area contributed by atoms with Crippen LogP contribution in [0.1, 0.15) is 33.1 Å². The molecule has 2 rings (SSSR count). The number of nitrogens with zero attached hydrogens (tertiary/aromatic N) is 3. The average Bonchev–Trinajstić information content (AvgIpc) is 2.47. The van der Waals surface area contributed by atoms with Crippen LogP contribution in [0.15, 0.2) is 0 Å². The van der Waals surface area contributed by atoms with Gasteiger partial charge in [-0.3, -0.25) is 9.59 Å². The lowest BCUT2D eigenvalue weighted by molar-refractivity contribution is -0.155. The summed E-state index contributed by atoms with van der Waals surface area (Å²) >= 11 is 0. The van der Waals surface area contributed by atoms with E-state index >= 15 is 0 Å². The smallest absolute Gasteiger partial charge is 0.237 e. The number of likely N-dealkylation sites (N-methyl/N-ethyl adjacent to an activating group) is 1. The van der Waals surface area contributed by atoms with Crippen LogP contribution < -0.4 is 0 Å². The molecule has 2 saturated heterocycles. The summed E-state index contributed by atoms with van der Waals surface area (Å²) in [7, 11) is 2.06. The number of hydrogen-bond acceptors (Lipinski definition) is 3. The standard InChI is InChI=1S/C15H27N3O2/c1-15(2,13(19)17-7-5-4-6-8-17)14(20)18-11-9-16(3)10-12-18/h4-12H2,1-3H3. The fraction of sp³-hybridized carbons (Fsp3) is 0.867. The third-order valence-corrected chi connectivity index (χ3v) is 4.50. The fourth-order valence-electron chi connectivity index (χ4n) is 2.99. The molecule has 0 aromatic carbocycles. The SMILES string of the molecule is CN1CCN(C(=O)C(C)(C)C(=O)N2CCCCC2)CC1. The first-order valence-corrected chi connectivity index (χ1v) is 7.70. The molecule has 2 aliphatic rings. The lowest BCUT2D eigenvalue weighted by atomic mass is 9.88. The van der Waals surface area contributed by atoms with Crippen molar-refractivity contribution in [1.29, 1.82) is 0 Å². The van der Waals surface area contributed by atoms with Gasteiger partial charge in [-0.05, 0) is 40.2 Å². The molecule has 0 unspecified atom stereocenters. The summed E-state index contributed by atoms with van der Waals surface area (Å²) in [5.74, 6) is -0.0118. The number of carbonyl (C=O) groups is 2. The monoisotopic (exact) mass is 281 g/mol. The number of amides is 2. The molecular formula is C15H27N3O2. The molecule has 0 N–H and O–H groups in total. The predicted octanol–water partition coefficient (Wildman–Crippen LogP) is 0.799. The van der Waals surface area contributed by atoms with E-state index in [-0.39, 0.29) is 11.8 Å². The van der Waals surface area contributed by atoms with Crippen molar-refractivity contribution in [3.05, 3.63) is 0 Å². The van der Waals surface area contributed by atoms with Gasteiger partial charge in [0, 0.05) is 39.3 Å². The molecule has 0 radical (unpaired) electrons. The molecule has 2 heterocycles. The quantitative estimate of drug-likeness (QED) is 0.703. The van der Waals surface area contributed by atoms with Gasteiger partial charge in [-0.25, -0.2) is 0 Å². The van der Waals surface area contributed by atoms with E-state index < -0.39 is 5.41 Å². The minimum atomic E-state index is -0.923. The molecule has 114 valence electrons. The number of hydrogen-bond donors (Lipinski definition) is 0. The molecule has 0 saturated carbocycles. The van der Waals surface area contributed by atoms with Crippen LogP contribution in [0.2, 0.25) is 0 Å². The molecule has 0 aromatic heterocycles. The zero-order valence-electron chi connectivity index (χ0n) is 13.0. The Bertz CT molecular complexity index is 367. The summed E-state index contributed by atoms with van der Waals surface area (Å²) in [6, 6.07) is 0. The van der Waals surface area contributed by atoms with Gasteiger partial charge in [-0.2, -0.15) is 0 Å². The molecule has 2 fully saturated rings. The zero-order valence-corrected chi connectivity index (χ0v) is 13.0. The van der Waals surface area contributed by atoms with Crippen LogP contribution in [0, 0.1) is 5.41 Å².